The van der Waals surface area contributed by atoms with Crippen molar-refractivity contribution in [2.24, 2.45) is 0 Å². The van der Waals surface area contributed by atoms with Gasteiger partial charge in [-0.3, -0.25) is 0 Å². The van der Waals surface area contributed by atoms with E-state index in [9.17, 15) is 5.11 Å². The minimum absolute atomic E-state index is 0.870. The van der Waals surface area contributed by atoms with Gasteiger partial charge in [0, 0.05) is 37.9 Å². The second-order valence-electron chi connectivity index (χ2n) is 11.2. The molecule has 0 fully saturated rings. The van der Waals surface area contributed by atoms with Gasteiger partial charge in [-0.05, 0) is 70.1 Å². The highest BCUT2D eigenvalue weighted by atomic mass is 79.9. The molecule has 1 aliphatic carbocycles. The van der Waals surface area contributed by atoms with E-state index in [1.54, 1.807) is 0 Å². The topological polar surface area (TPSA) is 23.5 Å². The zero-order valence-corrected chi connectivity index (χ0v) is 25.4. The average molecular weight is 631 g/mol. The molecule has 8 rings (SSSR count). The second kappa shape index (κ2) is 10.6. The molecule has 0 bridgehead atoms. The van der Waals surface area contributed by atoms with Crippen molar-refractivity contribution in [3.63, 3.8) is 0 Å². The van der Waals surface area contributed by atoms with Crippen molar-refractivity contribution >= 4 is 43.8 Å². The van der Waals surface area contributed by atoms with Gasteiger partial charge in [-0.25, -0.2) is 0 Å². The molecule has 0 aromatic heterocycles. The molecule has 2 nitrogen and oxygen atoms in total. The first-order chi connectivity index (χ1) is 21.6. The van der Waals surface area contributed by atoms with Gasteiger partial charge in [-0.15, -0.1) is 0 Å². The second-order valence-corrected chi connectivity index (χ2v) is 12.1. The standard InChI is InChI=1S/C41H28BrNO/c42-28-23-25-39-36(27-28)34-19-10-12-22-38(34)41(39,44)37-21-11-9-18-33(37)32-24-26-40(35-20-8-7-17-31(32)35)43(29-13-3-1-4-14-29)30-15-5-2-6-16-30/h1-27,44H. The smallest absolute Gasteiger partial charge is 0.142 e. The summed E-state index contributed by atoms with van der Waals surface area (Å²) in [5, 5.41) is 15.1. The molecule has 1 N–H and O–H groups in total. The molecule has 0 amide bonds. The summed E-state index contributed by atoms with van der Waals surface area (Å²) in [7, 11) is 0. The number of benzene rings is 7. The van der Waals surface area contributed by atoms with Gasteiger partial charge in [0.25, 0.3) is 0 Å². The van der Waals surface area contributed by atoms with Crippen molar-refractivity contribution in [1.82, 2.24) is 0 Å². The summed E-state index contributed by atoms with van der Waals surface area (Å²) >= 11 is 3.66. The van der Waals surface area contributed by atoms with Gasteiger partial charge in [-0.1, -0.05) is 137 Å². The minimum atomic E-state index is -1.30. The molecule has 7 aromatic carbocycles. The first-order valence-electron chi connectivity index (χ1n) is 14.8. The summed E-state index contributed by atoms with van der Waals surface area (Å²) in [5.74, 6) is 0. The highest BCUT2D eigenvalue weighted by molar-refractivity contribution is 9.10. The predicted octanol–water partition coefficient (Wildman–Crippen LogP) is 11.0. The van der Waals surface area contributed by atoms with Crippen LogP contribution in [0.3, 0.4) is 0 Å². The molecule has 0 radical (unpaired) electrons. The van der Waals surface area contributed by atoms with Gasteiger partial charge in [0.15, 0.2) is 0 Å². The number of nitrogens with zero attached hydrogens (tertiary/aromatic N) is 1. The lowest BCUT2D eigenvalue weighted by molar-refractivity contribution is 0.131. The number of para-hydroxylation sites is 2. The zero-order chi connectivity index (χ0) is 29.7. The largest absolute Gasteiger partial charge is 0.376 e. The molecule has 1 aliphatic rings. The monoisotopic (exact) mass is 629 g/mol. The number of anilines is 3. The van der Waals surface area contributed by atoms with E-state index in [1.165, 1.54) is 0 Å². The fraction of sp³-hybridized carbons (Fsp3) is 0.0244. The van der Waals surface area contributed by atoms with Crippen LogP contribution < -0.4 is 4.90 Å². The molecule has 1 atom stereocenters. The Morgan fingerprint density at radius 1 is 0.432 bits per heavy atom. The molecule has 210 valence electrons. The Morgan fingerprint density at radius 3 is 1.57 bits per heavy atom. The zero-order valence-electron chi connectivity index (χ0n) is 23.9. The van der Waals surface area contributed by atoms with Crippen molar-refractivity contribution in [2.45, 2.75) is 5.60 Å². The van der Waals surface area contributed by atoms with E-state index in [4.69, 9.17) is 0 Å². The van der Waals surface area contributed by atoms with E-state index in [0.29, 0.717) is 0 Å². The molecular formula is C41H28BrNO. The number of rotatable bonds is 5. The van der Waals surface area contributed by atoms with Crippen LogP contribution in [0.2, 0.25) is 0 Å². The van der Waals surface area contributed by atoms with Gasteiger partial charge in [0.1, 0.15) is 5.60 Å². The minimum Gasteiger partial charge on any atom is -0.376 e. The first kappa shape index (κ1) is 26.7. The fourth-order valence-corrected chi connectivity index (χ4v) is 7.21. The first-order valence-corrected chi connectivity index (χ1v) is 15.6. The van der Waals surface area contributed by atoms with Crippen LogP contribution in [-0.4, -0.2) is 5.11 Å². The Hall–Kier alpha value is -4.96. The van der Waals surface area contributed by atoms with Crippen LogP contribution in [0.25, 0.3) is 33.0 Å². The van der Waals surface area contributed by atoms with Crippen LogP contribution in [0, 0.1) is 0 Å². The Bertz CT molecular complexity index is 2120. The lowest BCUT2D eigenvalue weighted by Crippen LogP contribution is -2.27. The normalized spacial score (nSPS) is 15.1. The summed E-state index contributed by atoms with van der Waals surface area (Å²) in [4.78, 5) is 2.31. The Morgan fingerprint density at radius 2 is 0.932 bits per heavy atom. The summed E-state index contributed by atoms with van der Waals surface area (Å²) < 4.78 is 0.992. The van der Waals surface area contributed by atoms with Gasteiger partial charge >= 0.3 is 0 Å². The lowest BCUT2D eigenvalue weighted by Gasteiger charge is -2.30. The van der Waals surface area contributed by atoms with Crippen molar-refractivity contribution in [3.05, 3.63) is 185 Å². The summed E-state index contributed by atoms with van der Waals surface area (Å²) in [6.45, 7) is 0. The van der Waals surface area contributed by atoms with Crippen LogP contribution in [0.15, 0.2) is 168 Å². The van der Waals surface area contributed by atoms with E-state index < -0.39 is 5.60 Å². The van der Waals surface area contributed by atoms with Crippen LogP contribution >= 0.6 is 15.9 Å². The van der Waals surface area contributed by atoms with Crippen LogP contribution in [0.4, 0.5) is 17.1 Å². The third-order valence-corrected chi connectivity index (χ3v) is 9.25. The molecule has 1 unspecified atom stereocenters. The van der Waals surface area contributed by atoms with Crippen molar-refractivity contribution in [2.75, 3.05) is 4.90 Å². The lowest BCUT2D eigenvalue weighted by atomic mass is 9.79. The number of fused-ring (bicyclic) bond motifs is 4. The van der Waals surface area contributed by atoms with Gasteiger partial charge < -0.3 is 10.0 Å². The van der Waals surface area contributed by atoms with Crippen LogP contribution in [0.1, 0.15) is 16.7 Å². The van der Waals surface area contributed by atoms with Crippen LogP contribution in [-0.2, 0) is 5.60 Å². The molecule has 0 aliphatic heterocycles. The van der Waals surface area contributed by atoms with Crippen molar-refractivity contribution < 1.29 is 5.11 Å². The SMILES string of the molecule is OC1(c2ccccc2-c2ccc(N(c3ccccc3)c3ccccc3)c3ccccc23)c2ccccc2-c2cc(Br)ccc21. The van der Waals surface area contributed by atoms with Crippen molar-refractivity contribution in [1.29, 1.82) is 0 Å². The molecule has 44 heavy (non-hydrogen) atoms. The molecule has 0 spiro atoms. The van der Waals surface area contributed by atoms with Gasteiger partial charge in [-0.2, -0.15) is 0 Å². The quantitative estimate of drug-likeness (QED) is 0.205. The Labute approximate surface area is 265 Å². The number of aliphatic hydroxyl groups is 1. The Kier molecular flexibility index (Phi) is 6.44. The molecular weight excluding hydrogens is 602 g/mol. The Balaban J connectivity index is 1.37. The highest BCUT2D eigenvalue weighted by Gasteiger charge is 2.44. The highest BCUT2D eigenvalue weighted by Crippen LogP contribution is 2.54. The molecule has 0 heterocycles. The summed E-state index contributed by atoms with van der Waals surface area (Å²) in [5.41, 5.74) is 8.85. The van der Waals surface area contributed by atoms with Crippen molar-refractivity contribution in [3.8, 4) is 22.3 Å². The maximum atomic E-state index is 12.9. The molecule has 0 saturated carbocycles. The summed E-state index contributed by atoms with van der Waals surface area (Å²) in [6, 6.07) is 56.7. The third-order valence-electron chi connectivity index (χ3n) is 8.76. The number of hydrogen-bond donors (Lipinski definition) is 1. The predicted molar refractivity (Wildman–Crippen MR) is 186 cm³/mol. The van der Waals surface area contributed by atoms with E-state index in [0.717, 1.165) is 71.3 Å². The molecule has 7 aromatic rings. The van der Waals surface area contributed by atoms with Gasteiger partial charge in [0.2, 0.25) is 0 Å². The maximum Gasteiger partial charge on any atom is 0.142 e. The number of hydrogen-bond acceptors (Lipinski definition) is 2. The molecule has 0 saturated heterocycles. The van der Waals surface area contributed by atoms with E-state index >= 15 is 0 Å². The van der Waals surface area contributed by atoms with E-state index in [1.807, 2.05) is 36.4 Å². The van der Waals surface area contributed by atoms with E-state index in [2.05, 4.69) is 148 Å². The number of halogens is 1. The average Bonchev–Trinajstić information content (AvgIpc) is 3.34. The van der Waals surface area contributed by atoms with Crippen LogP contribution in [0.5, 0.6) is 0 Å². The van der Waals surface area contributed by atoms with Gasteiger partial charge in [0.05, 0.1) is 5.69 Å². The fourth-order valence-electron chi connectivity index (χ4n) is 6.85. The molecule has 3 heteroatoms. The summed E-state index contributed by atoms with van der Waals surface area (Å²) in [6.07, 6.45) is 0. The third kappa shape index (κ3) is 4.12. The maximum absolute atomic E-state index is 12.9. The van der Waals surface area contributed by atoms with E-state index in [-0.39, 0.29) is 0 Å².